The van der Waals surface area contributed by atoms with E-state index in [2.05, 4.69) is 5.32 Å². The van der Waals surface area contributed by atoms with Gasteiger partial charge >= 0.3 is 0 Å². The second-order valence-corrected chi connectivity index (χ2v) is 5.96. The van der Waals surface area contributed by atoms with Crippen LogP contribution in [0.1, 0.15) is 20.8 Å². The van der Waals surface area contributed by atoms with E-state index in [1.54, 1.807) is 20.8 Å². The predicted octanol–water partition coefficient (Wildman–Crippen LogP) is -0.00936. The van der Waals surface area contributed by atoms with Gasteiger partial charge in [0.05, 0.1) is 24.1 Å². The maximum Gasteiger partial charge on any atom is 0.245 e. The van der Waals surface area contributed by atoms with Gasteiger partial charge in [0.1, 0.15) is 5.66 Å². The van der Waals surface area contributed by atoms with E-state index in [0.29, 0.717) is 0 Å². The summed E-state index contributed by atoms with van der Waals surface area (Å²) in [6.45, 7) is 5.41. The van der Waals surface area contributed by atoms with Crippen LogP contribution in [0, 0.1) is 56.2 Å². The van der Waals surface area contributed by atoms with Crippen molar-refractivity contribution in [3.8, 4) is 18.2 Å². The smallest absolute Gasteiger partial charge is 0.245 e. The first-order valence-corrected chi connectivity index (χ1v) is 5.53. The molecular weight excluding hydrogens is 230 g/mol. The second-order valence-electron chi connectivity index (χ2n) is 5.96. The molecule has 2 rings (SSSR count). The Labute approximate surface area is 105 Å². The highest BCUT2D eigenvalue weighted by Crippen LogP contribution is 2.76. The topological polar surface area (TPSA) is 126 Å². The van der Waals surface area contributed by atoms with Crippen LogP contribution in [-0.4, -0.2) is 11.6 Å². The zero-order valence-electron chi connectivity index (χ0n) is 10.4. The molecule has 1 amide bonds. The molecule has 3 N–H and O–H groups in total. The zero-order valence-corrected chi connectivity index (χ0v) is 10.4. The molecule has 2 fully saturated rings. The summed E-state index contributed by atoms with van der Waals surface area (Å²) >= 11 is 0. The van der Waals surface area contributed by atoms with Crippen LogP contribution in [0.15, 0.2) is 0 Å². The number of piperidine rings is 1. The van der Waals surface area contributed by atoms with Crippen LogP contribution in [0.4, 0.5) is 0 Å². The van der Waals surface area contributed by atoms with Gasteiger partial charge in [0.25, 0.3) is 0 Å². The Hall–Kier alpha value is -2.10. The Bertz CT molecular complexity index is 555. The van der Waals surface area contributed by atoms with Gasteiger partial charge in [-0.3, -0.25) is 4.79 Å². The molecule has 0 bridgehead atoms. The fourth-order valence-corrected chi connectivity index (χ4v) is 2.98. The fraction of sp³-hybridized carbons (Fsp3) is 0.667. The molecule has 6 heteroatoms. The summed E-state index contributed by atoms with van der Waals surface area (Å²) in [5, 5.41) is 30.3. The number of carbonyl (C=O) groups excluding carboxylic acids is 1. The predicted molar refractivity (Wildman–Crippen MR) is 59.7 cm³/mol. The van der Waals surface area contributed by atoms with Gasteiger partial charge in [0, 0.05) is 0 Å². The van der Waals surface area contributed by atoms with E-state index in [0.717, 1.165) is 0 Å². The van der Waals surface area contributed by atoms with Crippen LogP contribution < -0.4 is 11.1 Å². The molecule has 0 spiro atoms. The molecule has 2 aliphatic rings. The summed E-state index contributed by atoms with van der Waals surface area (Å²) < 4.78 is 0. The number of carbonyl (C=O) groups is 1. The monoisotopic (exact) mass is 243 g/mol. The molecule has 0 aromatic heterocycles. The Morgan fingerprint density at radius 3 is 2.00 bits per heavy atom. The molecule has 3 unspecified atom stereocenters. The third-order valence-corrected chi connectivity index (χ3v) is 4.31. The number of rotatable bonds is 0. The van der Waals surface area contributed by atoms with E-state index >= 15 is 0 Å². The minimum Gasteiger partial charge on any atom is -0.336 e. The maximum atomic E-state index is 12.0. The Balaban J connectivity index is 2.68. The molecule has 6 nitrogen and oxygen atoms in total. The summed E-state index contributed by atoms with van der Waals surface area (Å²) in [4.78, 5) is 12.0. The lowest BCUT2D eigenvalue weighted by Gasteiger charge is -2.40. The van der Waals surface area contributed by atoms with Gasteiger partial charge < -0.3 is 11.1 Å². The summed E-state index contributed by atoms with van der Waals surface area (Å²) in [6, 6.07) is 5.51. The molecular formula is C12H13N5O. The molecule has 18 heavy (non-hydrogen) atoms. The van der Waals surface area contributed by atoms with Gasteiger partial charge in [-0.25, -0.2) is 0 Å². The highest BCUT2D eigenvalue weighted by molar-refractivity contribution is 5.97. The van der Waals surface area contributed by atoms with Gasteiger partial charge in [-0.05, 0) is 5.41 Å². The Kier molecular flexibility index (Phi) is 1.94. The van der Waals surface area contributed by atoms with E-state index in [-0.39, 0.29) is 0 Å². The van der Waals surface area contributed by atoms with Gasteiger partial charge in [-0.2, -0.15) is 15.8 Å². The molecule has 1 saturated heterocycles. The quantitative estimate of drug-likeness (QED) is 0.618. The van der Waals surface area contributed by atoms with Gasteiger partial charge in [0.2, 0.25) is 5.91 Å². The van der Waals surface area contributed by atoms with E-state index in [4.69, 9.17) is 5.73 Å². The van der Waals surface area contributed by atoms with Gasteiger partial charge in [0.15, 0.2) is 10.8 Å². The largest absolute Gasteiger partial charge is 0.336 e. The number of nitrogens with one attached hydrogen (secondary N) is 1. The molecule has 3 atom stereocenters. The van der Waals surface area contributed by atoms with Crippen molar-refractivity contribution >= 4 is 5.91 Å². The van der Waals surface area contributed by atoms with Crippen molar-refractivity contribution in [1.29, 1.82) is 15.8 Å². The summed E-state index contributed by atoms with van der Waals surface area (Å²) in [6.07, 6.45) is 0. The lowest BCUT2D eigenvalue weighted by atomic mass is 9.76. The van der Waals surface area contributed by atoms with Crippen molar-refractivity contribution in [3.05, 3.63) is 0 Å². The van der Waals surface area contributed by atoms with E-state index in [1.165, 1.54) is 0 Å². The number of amides is 1. The third kappa shape index (κ3) is 0.859. The number of nitrogens with two attached hydrogens (primary N) is 1. The second kappa shape index (κ2) is 2.83. The Morgan fingerprint density at radius 2 is 1.72 bits per heavy atom. The van der Waals surface area contributed by atoms with E-state index in [9.17, 15) is 20.6 Å². The van der Waals surface area contributed by atoms with Gasteiger partial charge in [-0.1, -0.05) is 20.8 Å². The molecule has 0 aromatic rings. The third-order valence-electron chi connectivity index (χ3n) is 4.31. The number of nitriles is 3. The van der Waals surface area contributed by atoms with Crippen molar-refractivity contribution in [2.24, 2.45) is 27.9 Å². The lowest BCUT2D eigenvalue weighted by Crippen LogP contribution is -2.64. The zero-order chi connectivity index (χ0) is 14.0. The minimum absolute atomic E-state index is 0.568. The number of fused-ring (bicyclic) bond motifs is 1. The van der Waals surface area contributed by atoms with Crippen LogP contribution in [0.25, 0.3) is 0 Å². The summed E-state index contributed by atoms with van der Waals surface area (Å²) in [5.41, 5.74) is 1.16. The number of hydrogen-bond acceptors (Lipinski definition) is 5. The van der Waals surface area contributed by atoms with Crippen molar-refractivity contribution < 1.29 is 4.79 Å². The average Bonchev–Trinajstić information content (AvgIpc) is 2.83. The highest BCUT2D eigenvalue weighted by Gasteiger charge is 2.93. The molecule has 92 valence electrons. The normalized spacial score (nSPS) is 39.8. The SMILES string of the molecule is CC(C)(C)C1(N)NC(=O)C2(C#N)C1C2(C#N)C#N. The van der Waals surface area contributed by atoms with Crippen molar-refractivity contribution in [3.63, 3.8) is 0 Å². The van der Waals surface area contributed by atoms with Crippen molar-refractivity contribution in [1.82, 2.24) is 5.32 Å². The summed E-state index contributed by atoms with van der Waals surface area (Å²) in [7, 11) is 0. The van der Waals surface area contributed by atoms with E-state index < -0.39 is 33.7 Å². The standard InChI is InChI=1S/C12H13N5O/c1-9(2,3)12(16)7-10(4-13,5-14)11(7,6-15)8(18)17-12/h7H,16H2,1-3H3,(H,17,18). The van der Waals surface area contributed by atoms with Crippen molar-refractivity contribution in [2.75, 3.05) is 0 Å². The van der Waals surface area contributed by atoms with Gasteiger partial charge in [-0.15, -0.1) is 0 Å². The average molecular weight is 243 g/mol. The minimum atomic E-state index is -1.63. The van der Waals surface area contributed by atoms with Crippen LogP contribution in [0.3, 0.4) is 0 Å². The highest BCUT2D eigenvalue weighted by atomic mass is 16.2. The molecule has 1 aliphatic carbocycles. The van der Waals surface area contributed by atoms with Crippen molar-refractivity contribution in [2.45, 2.75) is 26.4 Å². The first-order valence-electron chi connectivity index (χ1n) is 5.53. The molecule has 1 saturated carbocycles. The lowest BCUT2D eigenvalue weighted by molar-refractivity contribution is -0.125. The fourth-order valence-electron chi connectivity index (χ4n) is 2.98. The molecule has 1 heterocycles. The van der Waals surface area contributed by atoms with Crippen LogP contribution in [-0.2, 0) is 4.79 Å². The number of nitrogens with zero attached hydrogens (tertiary/aromatic N) is 3. The van der Waals surface area contributed by atoms with Crippen LogP contribution >= 0.6 is 0 Å². The molecule has 0 radical (unpaired) electrons. The first-order chi connectivity index (χ1) is 8.18. The van der Waals surface area contributed by atoms with Crippen LogP contribution in [0.2, 0.25) is 0 Å². The maximum absolute atomic E-state index is 12.0. The molecule has 1 aliphatic heterocycles. The number of hydrogen-bond donors (Lipinski definition) is 2. The van der Waals surface area contributed by atoms with E-state index in [1.807, 2.05) is 18.2 Å². The summed E-state index contributed by atoms with van der Waals surface area (Å²) in [5.74, 6) is -1.42. The Morgan fingerprint density at radius 1 is 1.22 bits per heavy atom. The first kappa shape index (κ1) is 12.4. The van der Waals surface area contributed by atoms with Crippen LogP contribution in [0.5, 0.6) is 0 Å². The molecule has 0 aromatic carbocycles.